The van der Waals surface area contributed by atoms with Crippen molar-refractivity contribution < 1.29 is 19.4 Å². The molecule has 0 bridgehead atoms. The van der Waals surface area contributed by atoms with Gasteiger partial charge in [0.25, 0.3) is 0 Å². The Balaban J connectivity index is 1.98. The Bertz CT molecular complexity index is 855. The summed E-state index contributed by atoms with van der Waals surface area (Å²) in [5.41, 5.74) is 3.02. The minimum Gasteiger partial charge on any atom is -0.508 e. The van der Waals surface area contributed by atoms with Crippen LogP contribution in [0.5, 0.6) is 17.2 Å². The Hall–Kier alpha value is -2.46. The van der Waals surface area contributed by atoms with Gasteiger partial charge in [0, 0.05) is 11.1 Å². The van der Waals surface area contributed by atoms with Crippen LogP contribution in [0.25, 0.3) is 6.08 Å². The van der Waals surface area contributed by atoms with Gasteiger partial charge in [-0.15, -0.1) is 0 Å². The number of carbonyl (C=O) groups is 1. The molecule has 0 saturated heterocycles. The summed E-state index contributed by atoms with van der Waals surface area (Å²) in [6.45, 7) is 2.37. The first kappa shape index (κ1) is 17.4. The molecule has 5 heteroatoms. The number of allylic oxidation sites excluding steroid dienone is 1. The van der Waals surface area contributed by atoms with Crippen LogP contribution in [0.4, 0.5) is 0 Å². The van der Waals surface area contributed by atoms with Crippen LogP contribution in [-0.4, -0.2) is 24.6 Å². The van der Waals surface area contributed by atoms with Crippen molar-refractivity contribution in [3.8, 4) is 17.2 Å². The van der Waals surface area contributed by atoms with Crippen LogP contribution in [0.15, 0.2) is 35.9 Å². The Kier molecular flexibility index (Phi) is 5.00. The molecule has 0 fully saturated rings. The van der Waals surface area contributed by atoms with Gasteiger partial charge in [-0.1, -0.05) is 11.6 Å². The van der Waals surface area contributed by atoms with Crippen LogP contribution in [0.2, 0.25) is 5.02 Å². The predicted molar refractivity (Wildman–Crippen MR) is 97.9 cm³/mol. The van der Waals surface area contributed by atoms with Crippen LogP contribution < -0.4 is 9.47 Å². The fraction of sp³-hybridized carbons (Fsp3) is 0.250. The maximum atomic E-state index is 12.7. The lowest BCUT2D eigenvalue weighted by Gasteiger charge is -2.18. The summed E-state index contributed by atoms with van der Waals surface area (Å²) in [4.78, 5) is 12.7. The first-order valence-corrected chi connectivity index (χ1v) is 8.48. The van der Waals surface area contributed by atoms with Gasteiger partial charge in [0.2, 0.25) is 0 Å². The topological polar surface area (TPSA) is 55.8 Å². The number of phenolic OH excluding ortho intramolecular Hbond substituents is 1. The van der Waals surface area contributed by atoms with Crippen molar-refractivity contribution in [2.45, 2.75) is 19.8 Å². The second kappa shape index (κ2) is 7.19. The number of fused-ring (bicyclic) bond motifs is 1. The summed E-state index contributed by atoms with van der Waals surface area (Å²) in [5, 5.41) is 10.0. The van der Waals surface area contributed by atoms with Crippen LogP contribution in [-0.2, 0) is 6.42 Å². The van der Waals surface area contributed by atoms with Crippen LogP contribution >= 0.6 is 11.6 Å². The quantitative estimate of drug-likeness (QED) is 0.807. The summed E-state index contributed by atoms with van der Waals surface area (Å²) in [7, 11) is 1.54. The zero-order valence-corrected chi connectivity index (χ0v) is 14.9. The van der Waals surface area contributed by atoms with Gasteiger partial charge in [0.1, 0.15) is 5.75 Å². The number of hydrogen-bond donors (Lipinski definition) is 1. The lowest BCUT2D eigenvalue weighted by molar-refractivity contribution is 0.102. The number of halogens is 1. The molecule has 1 N–H and O–H groups in total. The molecule has 2 aromatic carbocycles. The lowest BCUT2D eigenvalue weighted by Crippen LogP contribution is -2.13. The van der Waals surface area contributed by atoms with Crippen molar-refractivity contribution in [2.24, 2.45) is 0 Å². The second-order valence-electron chi connectivity index (χ2n) is 5.81. The van der Waals surface area contributed by atoms with E-state index in [9.17, 15) is 9.90 Å². The SMILES string of the molecule is CCOc1cc(/C=C2\CCc3cc(O)ccc3C2=O)cc(Cl)c1OC. The molecule has 0 spiro atoms. The minimum atomic E-state index is -0.0221. The molecule has 130 valence electrons. The number of carbonyl (C=O) groups excluding carboxylic acids is 1. The highest BCUT2D eigenvalue weighted by Gasteiger charge is 2.22. The first-order chi connectivity index (χ1) is 12.0. The molecule has 1 aliphatic carbocycles. The number of phenols is 1. The molecule has 0 atom stereocenters. The molecule has 0 unspecified atom stereocenters. The highest BCUT2D eigenvalue weighted by atomic mass is 35.5. The van der Waals surface area contributed by atoms with E-state index in [1.165, 1.54) is 6.07 Å². The van der Waals surface area contributed by atoms with Crippen LogP contribution in [0, 0.1) is 0 Å². The van der Waals surface area contributed by atoms with Crippen molar-refractivity contribution >= 4 is 23.5 Å². The van der Waals surface area contributed by atoms with Gasteiger partial charge in [0.15, 0.2) is 17.3 Å². The average molecular weight is 359 g/mol. The maximum absolute atomic E-state index is 12.7. The van der Waals surface area contributed by atoms with Gasteiger partial charge in [-0.25, -0.2) is 0 Å². The Morgan fingerprint density at radius 3 is 2.76 bits per heavy atom. The lowest BCUT2D eigenvalue weighted by atomic mass is 9.86. The normalized spacial score (nSPS) is 15.2. The van der Waals surface area contributed by atoms with Crippen molar-refractivity contribution in [2.75, 3.05) is 13.7 Å². The first-order valence-electron chi connectivity index (χ1n) is 8.11. The third-order valence-corrected chi connectivity index (χ3v) is 4.45. The van der Waals surface area contributed by atoms with Crippen LogP contribution in [0.1, 0.15) is 34.8 Å². The van der Waals surface area contributed by atoms with Crippen LogP contribution in [0.3, 0.4) is 0 Å². The summed E-state index contributed by atoms with van der Waals surface area (Å²) >= 11 is 6.28. The molecule has 0 aliphatic heterocycles. The molecule has 4 nitrogen and oxygen atoms in total. The number of rotatable bonds is 4. The van der Waals surface area contributed by atoms with E-state index in [0.29, 0.717) is 47.1 Å². The number of aromatic hydroxyl groups is 1. The molecular formula is C20H19ClO4. The van der Waals surface area contributed by atoms with Crippen molar-refractivity contribution in [3.63, 3.8) is 0 Å². The van der Waals surface area contributed by atoms with E-state index < -0.39 is 0 Å². The summed E-state index contributed by atoms with van der Waals surface area (Å²) in [6, 6.07) is 8.45. The monoisotopic (exact) mass is 358 g/mol. The molecule has 0 heterocycles. The van der Waals surface area contributed by atoms with Gasteiger partial charge in [-0.3, -0.25) is 4.79 Å². The molecule has 0 amide bonds. The Labute approximate surface area is 151 Å². The van der Waals surface area contributed by atoms with Gasteiger partial charge >= 0.3 is 0 Å². The van der Waals surface area contributed by atoms with E-state index in [-0.39, 0.29) is 11.5 Å². The van der Waals surface area contributed by atoms with E-state index in [2.05, 4.69) is 0 Å². The molecule has 25 heavy (non-hydrogen) atoms. The summed E-state index contributed by atoms with van der Waals surface area (Å²) in [5.74, 6) is 1.20. The number of methoxy groups -OCH3 is 1. The molecule has 0 aromatic heterocycles. The van der Waals surface area contributed by atoms with Crippen molar-refractivity contribution in [1.29, 1.82) is 0 Å². The predicted octanol–water partition coefficient (Wildman–Crippen LogP) is 4.67. The highest BCUT2D eigenvalue weighted by molar-refractivity contribution is 6.32. The smallest absolute Gasteiger partial charge is 0.189 e. The van der Waals surface area contributed by atoms with Gasteiger partial charge in [-0.2, -0.15) is 0 Å². The summed E-state index contributed by atoms with van der Waals surface area (Å²) < 4.78 is 10.9. The zero-order valence-electron chi connectivity index (χ0n) is 14.1. The zero-order chi connectivity index (χ0) is 18.0. The molecule has 2 aromatic rings. The molecular weight excluding hydrogens is 340 g/mol. The number of ether oxygens (including phenoxy) is 2. The fourth-order valence-electron chi connectivity index (χ4n) is 3.04. The van der Waals surface area contributed by atoms with E-state index >= 15 is 0 Å². The van der Waals surface area contributed by atoms with E-state index in [1.54, 1.807) is 25.3 Å². The highest BCUT2D eigenvalue weighted by Crippen LogP contribution is 2.37. The van der Waals surface area contributed by atoms with Gasteiger partial charge in [0.05, 0.1) is 18.7 Å². The Morgan fingerprint density at radius 2 is 2.04 bits per heavy atom. The minimum absolute atomic E-state index is 0.0221. The molecule has 0 radical (unpaired) electrons. The fourth-order valence-corrected chi connectivity index (χ4v) is 3.33. The van der Waals surface area contributed by atoms with Crippen molar-refractivity contribution in [3.05, 3.63) is 57.6 Å². The van der Waals surface area contributed by atoms with E-state index in [1.807, 2.05) is 19.1 Å². The van der Waals surface area contributed by atoms with Gasteiger partial charge in [-0.05, 0) is 67.3 Å². The summed E-state index contributed by atoms with van der Waals surface area (Å²) in [6.07, 6.45) is 3.17. The van der Waals surface area contributed by atoms with E-state index in [0.717, 1.165) is 11.1 Å². The third-order valence-electron chi connectivity index (χ3n) is 4.17. The third kappa shape index (κ3) is 3.49. The average Bonchev–Trinajstić information content (AvgIpc) is 2.57. The molecule has 1 aliphatic rings. The number of hydrogen-bond acceptors (Lipinski definition) is 4. The van der Waals surface area contributed by atoms with Gasteiger partial charge < -0.3 is 14.6 Å². The second-order valence-corrected chi connectivity index (χ2v) is 6.21. The maximum Gasteiger partial charge on any atom is 0.189 e. The molecule has 3 rings (SSSR count). The largest absolute Gasteiger partial charge is 0.508 e. The number of aryl methyl sites for hydroxylation is 1. The van der Waals surface area contributed by atoms with Crippen molar-refractivity contribution in [1.82, 2.24) is 0 Å². The number of Topliss-reactive ketones (excluding diaryl/α,β-unsaturated/α-hetero) is 1. The van der Waals surface area contributed by atoms with E-state index in [4.69, 9.17) is 21.1 Å². The Morgan fingerprint density at radius 1 is 1.24 bits per heavy atom. The molecule has 0 saturated carbocycles. The number of benzene rings is 2. The number of ketones is 1. The standard InChI is InChI=1S/C20H19ClO4/c1-3-25-18-10-12(9-17(21)20(18)24-2)8-14-5-4-13-11-15(22)6-7-16(13)19(14)23/h6-11,22H,3-5H2,1-2H3/b14-8+.